The van der Waals surface area contributed by atoms with E-state index in [9.17, 15) is 4.79 Å². The van der Waals surface area contributed by atoms with Crippen LogP contribution in [0.15, 0.2) is 30.3 Å². The minimum atomic E-state index is -0.114. The maximum Gasteiger partial charge on any atom is 0.241 e. The van der Waals surface area contributed by atoms with Crippen molar-refractivity contribution in [3.05, 3.63) is 35.9 Å². The number of hydrogen-bond acceptors (Lipinski definition) is 3. The predicted molar refractivity (Wildman–Crippen MR) is 81.0 cm³/mol. The minimum absolute atomic E-state index is 0.114. The van der Waals surface area contributed by atoms with Gasteiger partial charge in [-0.1, -0.05) is 43.7 Å². The largest absolute Gasteiger partial charge is 0.342 e. The number of unbranched alkanes of at least 4 members (excludes halogenated alkanes) is 1. The average Bonchev–Trinajstić information content (AvgIpc) is 2.98. The average molecular weight is 275 g/mol. The zero-order valence-electron chi connectivity index (χ0n) is 12.4. The third kappa shape index (κ3) is 3.58. The van der Waals surface area contributed by atoms with Crippen LogP contribution in [0.2, 0.25) is 0 Å². The monoisotopic (exact) mass is 275 g/mol. The number of hydrazine groups is 1. The van der Waals surface area contributed by atoms with E-state index in [1.54, 1.807) is 0 Å². The van der Waals surface area contributed by atoms with Crippen LogP contribution in [0.4, 0.5) is 0 Å². The summed E-state index contributed by atoms with van der Waals surface area (Å²) in [6, 6.07) is 10.4. The van der Waals surface area contributed by atoms with Gasteiger partial charge in [-0.3, -0.25) is 4.79 Å². The number of nitrogens with one attached hydrogen (secondary N) is 2. The lowest BCUT2D eigenvalue weighted by atomic mass is 10.0. The molecule has 2 atom stereocenters. The molecule has 1 aromatic carbocycles. The molecule has 4 heteroatoms. The predicted octanol–water partition coefficient (Wildman–Crippen LogP) is 2.24. The van der Waals surface area contributed by atoms with E-state index in [-0.39, 0.29) is 18.0 Å². The van der Waals surface area contributed by atoms with E-state index in [1.807, 2.05) is 30.0 Å². The molecule has 2 N–H and O–H groups in total. The molecule has 1 aliphatic heterocycles. The van der Waals surface area contributed by atoms with Crippen LogP contribution in [-0.4, -0.2) is 29.9 Å². The van der Waals surface area contributed by atoms with Crippen LogP contribution < -0.4 is 10.9 Å². The number of benzene rings is 1. The molecule has 1 fully saturated rings. The molecule has 1 saturated heterocycles. The van der Waals surface area contributed by atoms with Crippen molar-refractivity contribution in [2.24, 2.45) is 0 Å². The van der Waals surface area contributed by atoms with E-state index in [4.69, 9.17) is 0 Å². The Hall–Kier alpha value is -1.39. The number of rotatable bonds is 6. The zero-order valence-corrected chi connectivity index (χ0v) is 12.4. The topological polar surface area (TPSA) is 44.4 Å². The number of amides is 1. The fourth-order valence-corrected chi connectivity index (χ4v) is 2.62. The highest BCUT2D eigenvalue weighted by Gasteiger charge is 2.32. The lowest BCUT2D eigenvalue weighted by Crippen LogP contribution is -2.45. The summed E-state index contributed by atoms with van der Waals surface area (Å²) in [6.45, 7) is 5.84. The number of nitrogens with zero attached hydrogens (tertiary/aromatic N) is 1. The highest BCUT2D eigenvalue weighted by atomic mass is 16.2. The molecule has 0 saturated carbocycles. The van der Waals surface area contributed by atoms with Gasteiger partial charge in [-0.2, -0.15) is 0 Å². The summed E-state index contributed by atoms with van der Waals surface area (Å²) in [5.41, 5.74) is 7.63. The van der Waals surface area contributed by atoms with Crippen LogP contribution in [-0.2, 0) is 4.79 Å². The Balaban J connectivity index is 1.93. The zero-order chi connectivity index (χ0) is 14.4. The molecule has 0 spiro atoms. The van der Waals surface area contributed by atoms with Gasteiger partial charge >= 0.3 is 0 Å². The quantitative estimate of drug-likeness (QED) is 0.837. The molecule has 4 nitrogen and oxygen atoms in total. The van der Waals surface area contributed by atoms with Crippen LogP contribution >= 0.6 is 0 Å². The van der Waals surface area contributed by atoms with Gasteiger partial charge in [0.05, 0.1) is 0 Å². The summed E-state index contributed by atoms with van der Waals surface area (Å²) < 4.78 is 0. The molecule has 1 amide bonds. The molecule has 1 aromatic rings. The summed E-state index contributed by atoms with van der Waals surface area (Å²) in [6.07, 6.45) is 3.00. The molecule has 2 unspecified atom stereocenters. The summed E-state index contributed by atoms with van der Waals surface area (Å²) >= 11 is 0. The van der Waals surface area contributed by atoms with Crippen molar-refractivity contribution in [2.45, 2.75) is 45.2 Å². The Labute approximate surface area is 121 Å². The van der Waals surface area contributed by atoms with Gasteiger partial charge in [-0.05, 0) is 25.3 Å². The summed E-state index contributed by atoms with van der Waals surface area (Å²) in [4.78, 5) is 14.4. The van der Waals surface area contributed by atoms with Gasteiger partial charge in [-0.25, -0.2) is 10.9 Å². The van der Waals surface area contributed by atoms with Crippen LogP contribution in [0.5, 0.6) is 0 Å². The lowest BCUT2D eigenvalue weighted by Gasteiger charge is -2.23. The van der Waals surface area contributed by atoms with Crippen molar-refractivity contribution in [3.8, 4) is 0 Å². The molecular formula is C16H25N3O. The van der Waals surface area contributed by atoms with Crippen LogP contribution in [0.3, 0.4) is 0 Å². The molecule has 1 heterocycles. The molecule has 0 aromatic heterocycles. The first-order chi connectivity index (χ1) is 9.76. The molecule has 20 heavy (non-hydrogen) atoms. The molecule has 0 radical (unpaired) electrons. The van der Waals surface area contributed by atoms with E-state index in [0.717, 1.165) is 32.4 Å². The summed E-state index contributed by atoms with van der Waals surface area (Å²) in [7, 11) is 0. The smallest absolute Gasteiger partial charge is 0.241 e. The van der Waals surface area contributed by atoms with E-state index >= 15 is 0 Å². The van der Waals surface area contributed by atoms with Gasteiger partial charge in [0.15, 0.2) is 0 Å². The number of carbonyl (C=O) groups is 1. The van der Waals surface area contributed by atoms with Crippen molar-refractivity contribution < 1.29 is 4.79 Å². The van der Waals surface area contributed by atoms with Crippen molar-refractivity contribution in [2.75, 3.05) is 13.1 Å². The minimum Gasteiger partial charge on any atom is -0.342 e. The Morgan fingerprint density at radius 1 is 1.25 bits per heavy atom. The number of likely N-dealkylation sites (N-methyl/N-ethyl adjacent to an activating group) is 1. The molecule has 2 rings (SSSR count). The van der Waals surface area contributed by atoms with Crippen LogP contribution in [0, 0.1) is 0 Å². The van der Waals surface area contributed by atoms with E-state index in [0.29, 0.717) is 0 Å². The van der Waals surface area contributed by atoms with E-state index in [1.165, 1.54) is 5.56 Å². The molecule has 0 aliphatic carbocycles. The highest BCUT2D eigenvalue weighted by molar-refractivity contribution is 5.82. The second kappa shape index (κ2) is 7.41. The number of hydrogen-bond donors (Lipinski definition) is 2. The highest BCUT2D eigenvalue weighted by Crippen LogP contribution is 2.22. The van der Waals surface area contributed by atoms with Gasteiger partial charge < -0.3 is 4.90 Å². The van der Waals surface area contributed by atoms with Gasteiger partial charge in [-0.15, -0.1) is 0 Å². The molecular weight excluding hydrogens is 250 g/mol. The third-order valence-corrected chi connectivity index (χ3v) is 3.88. The fourth-order valence-electron chi connectivity index (χ4n) is 2.62. The standard InChI is InChI=1S/C16H25N3O/c1-3-5-11-19(4-2)16(20)15-12-14(17-18-15)13-9-7-6-8-10-13/h6-10,14-15,17-18H,3-5,11-12H2,1-2H3. The summed E-state index contributed by atoms with van der Waals surface area (Å²) in [5.74, 6) is 0.215. The van der Waals surface area contributed by atoms with Crippen LogP contribution in [0.1, 0.15) is 44.7 Å². The van der Waals surface area contributed by atoms with Crippen molar-refractivity contribution in [3.63, 3.8) is 0 Å². The maximum absolute atomic E-state index is 12.5. The first-order valence-electron chi connectivity index (χ1n) is 7.61. The van der Waals surface area contributed by atoms with E-state index in [2.05, 4.69) is 29.9 Å². The fraction of sp³-hybridized carbons (Fsp3) is 0.562. The third-order valence-electron chi connectivity index (χ3n) is 3.88. The molecule has 1 aliphatic rings. The number of carbonyl (C=O) groups excluding carboxylic acids is 1. The van der Waals surface area contributed by atoms with Crippen LogP contribution in [0.25, 0.3) is 0 Å². The molecule has 0 bridgehead atoms. The van der Waals surface area contributed by atoms with Gasteiger partial charge in [0.1, 0.15) is 6.04 Å². The van der Waals surface area contributed by atoms with Crippen molar-refractivity contribution in [1.82, 2.24) is 15.8 Å². The van der Waals surface area contributed by atoms with Gasteiger partial charge in [0.2, 0.25) is 5.91 Å². The summed E-state index contributed by atoms with van der Waals surface area (Å²) in [5, 5.41) is 0. The second-order valence-corrected chi connectivity index (χ2v) is 5.31. The SMILES string of the molecule is CCCCN(CC)C(=O)C1CC(c2ccccc2)NN1. The Kier molecular flexibility index (Phi) is 5.56. The first-order valence-corrected chi connectivity index (χ1v) is 7.61. The molecule has 110 valence electrons. The van der Waals surface area contributed by atoms with Gasteiger partial charge in [0, 0.05) is 19.1 Å². The maximum atomic E-state index is 12.5. The van der Waals surface area contributed by atoms with Crippen molar-refractivity contribution >= 4 is 5.91 Å². The van der Waals surface area contributed by atoms with Crippen molar-refractivity contribution in [1.29, 1.82) is 0 Å². The normalized spacial score (nSPS) is 21.9. The van der Waals surface area contributed by atoms with Gasteiger partial charge in [0.25, 0.3) is 0 Å². The Morgan fingerprint density at radius 3 is 2.65 bits per heavy atom. The lowest BCUT2D eigenvalue weighted by molar-refractivity contribution is -0.133. The Bertz CT molecular complexity index is 421. The first kappa shape index (κ1) is 15.0. The van der Waals surface area contributed by atoms with E-state index < -0.39 is 0 Å². The Morgan fingerprint density at radius 2 is 2.00 bits per heavy atom. The second-order valence-electron chi connectivity index (χ2n) is 5.31.